The van der Waals surface area contributed by atoms with Crippen LogP contribution < -0.4 is 0 Å². The number of benzene rings is 1. The molecular weight excluding hydrogens is 310 g/mol. The Balaban J connectivity index is 1.59. The fourth-order valence-electron chi connectivity index (χ4n) is 4.26. The first-order valence-electron chi connectivity index (χ1n) is 9.81. The van der Waals surface area contributed by atoms with E-state index in [1.165, 1.54) is 24.0 Å². The average molecular weight is 341 g/mol. The summed E-state index contributed by atoms with van der Waals surface area (Å²) in [6.07, 6.45) is 11.5. The van der Waals surface area contributed by atoms with Gasteiger partial charge in [-0.3, -0.25) is 4.79 Å². The van der Waals surface area contributed by atoms with Crippen molar-refractivity contribution in [2.24, 2.45) is 5.41 Å². The van der Waals surface area contributed by atoms with Gasteiger partial charge in [0.1, 0.15) is 0 Å². The van der Waals surface area contributed by atoms with Crippen LogP contribution in [0.1, 0.15) is 56.9 Å². The lowest BCUT2D eigenvalue weighted by Gasteiger charge is -2.42. The van der Waals surface area contributed by atoms with Crippen LogP contribution in [0.25, 0.3) is 0 Å². The number of nitrogens with zero attached hydrogens (tertiary/aromatic N) is 1. The lowest BCUT2D eigenvalue weighted by molar-refractivity contribution is -0.135. The zero-order valence-corrected chi connectivity index (χ0v) is 15.3. The molecule has 3 heteroatoms. The third-order valence-electron chi connectivity index (χ3n) is 5.90. The molecule has 1 aromatic rings. The van der Waals surface area contributed by atoms with Crippen LogP contribution in [0.3, 0.4) is 0 Å². The van der Waals surface area contributed by atoms with Crippen molar-refractivity contribution in [1.82, 2.24) is 4.90 Å². The summed E-state index contributed by atoms with van der Waals surface area (Å²) in [7, 11) is 0. The largest absolute Gasteiger partial charge is 0.396 e. The molecule has 25 heavy (non-hydrogen) atoms. The third-order valence-corrected chi connectivity index (χ3v) is 5.90. The zero-order chi connectivity index (χ0) is 17.5. The Labute approximate surface area is 151 Å². The van der Waals surface area contributed by atoms with E-state index >= 15 is 0 Å². The minimum Gasteiger partial charge on any atom is -0.396 e. The molecule has 1 aliphatic carbocycles. The molecule has 136 valence electrons. The van der Waals surface area contributed by atoms with Crippen molar-refractivity contribution in [2.45, 2.75) is 57.8 Å². The van der Waals surface area contributed by atoms with E-state index in [4.69, 9.17) is 0 Å². The second-order valence-corrected chi connectivity index (χ2v) is 7.85. The number of allylic oxidation sites excluding steroid dienone is 1. The van der Waals surface area contributed by atoms with Crippen molar-refractivity contribution < 1.29 is 9.90 Å². The minimum atomic E-state index is -0.134. The van der Waals surface area contributed by atoms with Gasteiger partial charge in [-0.1, -0.05) is 42.0 Å². The third kappa shape index (κ3) is 4.94. The molecule has 1 aliphatic heterocycles. The Kier molecular flexibility index (Phi) is 6.30. The summed E-state index contributed by atoms with van der Waals surface area (Å²) in [4.78, 5) is 14.8. The molecule has 1 atom stereocenters. The quantitative estimate of drug-likeness (QED) is 0.791. The fraction of sp³-hybridized carbons (Fsp3) is 0.591. The van der Waals surface area contributed by atoms with E-state index < -0.39 is 0 Å². The lowest BCUT2D eigenvalue weighted by atomic mass is 9.76. The van der Waals surface area contributed by atoms with Gasteiger partial charge >= 0.3 is 0 Å². The summed E-state index contributed by atoms with van der Waals surface area (Å²) < 4.78 is 0. The van der Waals surface area contributed by atoms with Gasteiger partial charge in [-0.2, -0.15) is 0 Å². The lowest BCUT2D eigenvalue weighted by Crippen LogP contribution is -2.48. The standard InChI is InChI=1S/C22H31NO2/c24-18-22(14-12-19-8-3-1-4-9-19)13-7-15-23(17-22)21(25)16-20-10-5-2-6-11-20/h1,3-4,8-10,24H,2,5-7,11-18H2/t22-/m0/s1. The first-order chi connectivity index (χ1) is 12.2. The average Bonchev–Trinajstić information content (AvgIpc) is 2.68. The number of aliphatic hydroxyl groups is 1. The number of carbonyl (C=O) groups is 1. The molecule has 1 saturated heterocycles. The molecule has 1 amide bonds. The summed E-state index contributed by atoms with van der Waals surface area (Å²) >= 11 is 0. The molecule has 1 heterocycles. The van der Waals surface area contributed by atoms with E-state index in [1.54, 1.807) is 0 Å². The maximum Gasteiger partial charge on any atom is 0.226 e. The summed E-state index contributed by atoms with van der Waals surface area (Å²) in [5.41, 5.74) is 2.50. The van der Waals surface area contributed by atoms with Crippen molar-refractivity contribution >= 4 is 5.91 Å². The van der Waals surface area contributed by atoms with Crippen LogP contribution in [0, 0.1) is 5.41 Å². The number of amides is 1. The molecule has 3 rings (SSSR count). The highest BCUT2D eigenvalue weighted by Gasteiger charge is 2.36. The molecule has 2 aliphatic rings. The van der Waals surface area contributed by atoms with Gasteiger partial charge in [0.2, 0.25) is 5.91 Å². The Hall–Kier alpha value is -1.61. The number of hydrogen-bond acceptors (Lipinski definition) is 2. The number of aryl methyl sites for hydroxylation is 1. The van der Waals surface area contributed by atoms with Crippen molar-refractivity contribution in [2.75, 3.05) is 19.7 Å². The van der Waals surface area contributed by atoms with E-state index in [0.29, 0.717) is 13.0 Å². The smallest absolute Gasteiger partial charge is 0.226 e. The molecular formula is C22H31NO2. The maximum absolute atomic E-state index is 12.7. The van der Waals surface area contributed by atoms with Crippen LogP contribution in [0.2, 0.25) is 0 Å². The highest BCUT2D eigenvalue weighted by Crippen LogP contribution is 2.35. The fourth-order valence-corrected chi connectivity index (χ4v) is 4.26. The van der Waals surface area contributed by atoms with Gasteiger partial charge in [-0.15, -0.1) is 0 Å². The van der Waals surface area contributed by atoms with Crippen LogP contribution in [-0.4, -0.2) is 35.6 Å². The number of rotatable bonds is 6. The van der Waals surface area contributed by atoms with Gasteiger partial charge in [0.05, 0.1) is 6.61 Å². The van der Waals surface area contributed by atoms with Gasteiger partial charge in [0.25, 0.3) is 0 Å². The predicted molar refractivity (Wildman–Crippen MR) is 101 cm³/mol. The van der Waals surface area contributed by atoms with E-state index in [2.05, 4.69) is 30.3 Å². The maximum atomic E-state index is 12.7. The molecule has 0 radical (unpaired) electrons. The summed E-state index contributed by atoms with van der Waals surface area (Å²) in [5, 5.41) is 10.1. The summed E-state index contributed by atoms with van der Waals surface area (Å²) in [6, 6.07) is 10.5. The normalized spacial score (nSPS) is 24.0. The van der Waals surface area contributed by atoms with Crippen molar-refractivity contribution in [3.8, 4) is 0 Å². The highest BCUT2D eigenvalue weighted by atomic mass is 16.3. The van der Waals surface area contributed by atoms with Gasteiger partial charge < -0.3 is 10.0 Å². The molecule has 3 nitrogen and oxygen atoms in total. The second-order valence-electron chi connectivity index (χ2n) is 7.85. The Morgan fingerprint density at radius 3 is 2.72 bits per heavy atom. The second kappa shape index (κ2) is 8.66. The zero-order valence-electron chi connectivity index (χ0n) is 15.3. The molecule has 0 aromatic heterocycles. The molecule has 0 spiro atoms. The molecule has 0 saturated carbocycles. The van der Waals surface area contributed by atoms with Crippen LogP contribution in [0.4, 0.5) is 0 Å². The summed E-state index contributed by atoms with van der Waals surface area (Å²) in [6.45, 7) is 1.73. The van der Waals surface area contributed by atoms with Gasteiger partial charge in [0, 0.05) is 24.9 Å². The van der Waals surface area contributed by atoms with E-state index in [-0.39, 0.29) is 17.9 Å². The van der Waals surface area contributed by atoms with Gasteiger partial charge in [0.15, 0.2) is 0 Å². The van der Waals surface area contributed by atoms with E-state index in [0.717, 1.165) is 45.1 Å². The van der Waals surface area contributed by atoms with Gasteiger partial charge in [-0.05, 0) is 56.9 Å². The van der Waals surface area contributed by atoms with Crippen molar-refractivity contribution in [3.63, 3.8) is 0 Å². The van der Waals surface area contributed by atoms with Crippen LogP contribution in [-0.2, 0) is 11.2 Å². The molecule has 1 N–H and O–H groups in total. The Morgan fingerprint density at radius 1 is 1.16 bits per heavy atom. The predicted octanol–water partition coefficient (Wildman–Crippen LogP) is 4.11. The molecule has 1 fully saturated rings. The molecule has 1 aromatic carbocycles. The minimum absolute atomic E-state index is 0.134. The van der Waals surface area contributed by atoms with Crippen LogP contribution in [0.15, 0.2) is 42.0 Å². The number of aliphatic hydroxyl groups excluding tert-OH is 1. The highest BCUT2D eigenvalue weighted by molar-refractivity contribution is 5.79. The number of likely N-dealkylation sites (tertiary alicyclic amines) is 1. The van der Waals surface area contributed by atoms with Crippen molar-refractivity contribution in [3.05, 3.63) is 47.5 Å². The monoisotopic (exact) mass is 341 g/mol. The first kappa shape index (κ1) is 18.2. The molecule has 0 bridgehead atoms. The van der Waals surface area contributed by atoms with E-state index in [9.17, 15) is 9.90 Å². The Morgan fingerprint density at radius 2 is 2.00 bits per heavy atom. The van der Waals surface area contributed by atoms with Crippen LogP contribution >= 0.6 is 0 Å². The first-order valence-corrected chi connectivity index (χ1v) is 9.81. The Bertz CT molecular complexity index is 595. The number of hydrogen-bond donors (Lipinski definition) is 1. The van der Waals surface area contributed by atoms with E-state index in [1.807, 2.05) is 11.0 Å². The SMILES string of the molecule is O=C(CC1=CCCCC1)N1CCC[C@](CO)(CCc2ccccc2)C1. The number of piperidine rings is 1. The van der Waals surface area contributed by atoms with Gasteiger partial charge in [-0.25, -0.2) is 0 Å². The van der Waals surface area contributed by atoms with Crippen LogP contribution in [0.5, 0.6) is 0 Å². The summed E-state index contributed by atoms with van der Waals surface area (Å²) in [5.74, 6) is 0.255. The topological polar surface area (TPSA) is 40.5 Å². The number of carbonyl (C=O) groups excluding carboxylic acids is 1. The molecule has 0 unspecified atom stereocenters. The van der Waals surface area contributed by atoms with Crippen molar-refractivity contribution in [1.29, 1.82) is 0 Å².